The van der Waals surface area contributed by atoms with Gasteiger partial charge in [0.05, 0.1) is 18.0 Å². The van der Waals surface area contributed by atoms with Crippen molar-refractivity contribution in [1.29, 1.82) is 0 Å². The van der Waals surface area contributed by atoms with Crippen molar-refractivity contribution < 1.29 is 9.53 Å². The molecule has 1 saturated heterocycles. The first kappa shape index (κ1) is 17.7. The molecule has 23 heavy (non-hydrogen) atoms. The van der Waals surface area contributed by atoms with Crippen LogP contribution in [0.2, 0.25) is 0 Å². The molecule has 1 aliphatic rings. The SMILES string of the molecule is Cc1cc(N2CCCOCC2)nc(C)c1NC(=O)CC(C)(C)C. The zero-order valence-corrected chi connectivity index (χ0v) is 15.0. The Hall–Kier alpha value is -1.62. The lowest BCUT2D eigenvalue weighted by molar-refractivity contribution is -0.117. The van der Waals surface area contributed by atoms with E-state index in [0.29, 0.717) is 6.42 Å². The minimum absolute atomic E-state index is 0.0225. The zero-order chi connectivity index (χ0) is 17.0. The fourth-order valence-corrected chi connectivity index (χ4v) is 2.80. The maximum absolute atomic E-state index is 12.2. The molecule has 1 fully saturated rings. The molecule has 0 unspecified atom stereocenters. The molecule has 0 aliphatic carbocycles. The zero-order valence-electron chi connectivity index (χ0n) is 15.0. The standard InChI is InChI=1S/C18H29N3O2/c1-13-11-15(21-7-6-9-23-10-8-21)19-14(2)17(13)20-16(22)12-18(3,4)5/h11H,6-10,12H2,1-5H3,(H,20,22). The van der Waals surface area contributed by atoms with Crippen LogP contribution in [0.5, 0.6) is 0 Å². The van der Waals surface area contributed by atoms with Crippen molar-refractivity contribution in [2.45, 2.75) is 47.5 Å². The molecule has 2 heterocycles. The highest BCUT2D eigenvalue weighted by Crippen LogP contribution is 2.26. The van der Waals surface area contributed by atoms with Gasteiger partial charge in [0, 0.05) is 26.1 Å². The summed E-state index contributed by atoms with van der Waals surface area (Å²) < 4.78 is 5.50. The second-order valence-electron chi connectivity index (χ2n) is 7.50. The predicted octanol–water partition coefficient (Wildman–Crippen LogP) is 3.30. The van der Waals surface area contributed by atoms with E-state index in [0.717, 1.165) is 55.5 Å². The number of hydrogen-bond donors (Lipinski definition) is 1. The van der Waals surface area contributed by atoms with Crippen molar-refractivity contribution in [2.75, 3.05) is 36.5 Å². The number of hydrogen-bond acceptors (Lipinski definition) is 4. The Morgan fingerprint density at radius 2 is 2.04 bits per heavy atom. The highest BCUT2D eigenvalue weighted by atomic mass is 16.5. The van der Waals surface area contributed by atoms with Crippen molar-refractivity contribution in [3.8, 4) is 0 Å². The predicted molar refractivity (Wildman–Crippen MR) is 94.1 cm³/mol. The van der Waals surface area contributed by atoms with Gasteiger partial charge in [-0.3, -0.25) is 4.79 Å². The molecule has 2 rings (SSSR count). The smallest absolute Gasteiger partial charge is 0.224 e. The van der Waals surface area contributed by atoms with Gasteiger partial charge in [-0.15, -0.1) is 0 Å². The minimum Gasteiger partial charge on any atom is -0.380 e. The number of aryl methyl sites for hydroxylation is 2. The number of rotatable bonds is 3. The third-order valence-corrected chi connectivity index (χ3v) is 3.89. The van der Waals surface area contributed by atoms with E-state index in [1.165, 1.54) is 0 Å². The van der Waals surface area contributed by atoms with Crippen LogP contribution in [0, 0.1) is 19.3 Å². The van der Waals surface area contributed by atoms with Crippen LogP contribution in [-0.4, -0.2) is 37.2 Å². The fraction of sp³-hybridized carbons (Fsp3) is 0.667. The van der Waals surface area contributed by atoms with E-state index in [1.807, 2.05) is 13.8 Å². The molecule has 1 N–H and O–H groups in total. The van der Waals surface area contributed by atoms with Crippen molar-refractivity contribution in [2.24, 2.45) is 5.41 Å². The fourth-order valence-electron chi connectivity index (χ4n) is 2.80. The van der Waals surface area contributed by atoms with Gasteiger partial charge in [0.2, 0.25) is 5.91 Å². The molecule has 0 aromatic carbocycles. The molecule has 1 amide bonds. The van der Waals surface area contributed by atoms with Crippen LogP contribution in [0.3, 0.4) is 0 Å². The van der Waals surface area contributed by atoms with Gasteiger partial charge in [0.25, 0.3) is 0 Å². The number of aromatic nitrogens is 1. The summed E-state index contributed by atoms with van der Waals surface area (Å²) in [5.74, 6) is 1.01. The van der Waals surface area contributed by atoms with Crippen molar-refractivity contribution in [3.63, 3.8) is 0 Å². The first-order valence-electron chi connectivity index (χ1n) is 8.37. The first-order chi connectivity index (χ1) is 10.8. The lowest BCUT2D eigenvalue weighted by Crippen LogP contribution is -2.27. The Balaban J connectivity index is 2.15. The molecular formula is C18H29N3O2. The maximum atomic E-state index is 12.2. The highest BCUT2D eigenvalue weighted by molar-refractivity contribution is 5.92. The number of pyridine rings is 1. The van der Waals surface area contributed by atoms with Crippen LogP contribution in [0.25, 0.3) is 0 Å². The van der Waals surface area contributed by atoms with Crippen molar-refractivity contribution in [1.82, 2.24) is 4.98 Å². The summed E-state index contributed by atoms with van der Waals surface area (Å²) in [7, 11) is 0. The summed E-state index contributed by atoms with van der Waals surface area (Å²) in [6, 6.07) is 2.06. The van der Waals surface area contributed by atoms with E-state index in [-0.39, 0.29) is 11.3 Å². The van der Waals surface area contributed by atoms with Crippen LogP contribution < -0.4 is 10.2 Å². The quantitative estimate of drug-likeness (QED) is 0.929. The van der Waals surface area contributed by atoms with E-state index in [2.05, 4.69) is 37.1 Å². The van der Waals surface area contributed by atoms with Crippen LogP contribution in [0.4, 0.5) is 11.5 Å². The third kappa shape index (κ3) is 5.20. The van der Waals surface area contributed by atoms with Crippen LogP contribution in [0.1, 0.15) is 44.9 Å². The molecule has 0 saturated carbocycles. The Bertz CT molecular complexity index is 533. The van der Waals surface area contributed by atoms with Gasteiger partial charge in [-0.2, -0.15) is 0 Å². The number of anilines is 2. The molecule has 0 radical (unpaired) electrons. The second-order valence-corrected chi connectivity index (χ2v) is 7.50. The molecule has 5 nitrogen and oxygen atoms in total. The van der Waals surface area contributed by atoms with Gasteiger partial charge in [-0.1, -0.05) is 20.8 Å². The highest BCUT2D eigenvalue weighted by Gasteiger charge is 2.19. The molecule has 0 spiro atoms. The second kappa shape index (κ2) is 7.30. The van der Waals surface area contributed by atoms with Crippen LogP contribution >= 0.6 is 0 Å². The normalized spacial score (nSPS) is 16.1. The topological polar surface area (TPSA) is 54.5 Å². The van der Waals surface area contributed by atoms with E-state index in [9.17, 15) is 4.79 Å². The molecule has 1 aromatic heterocycles. The number of ether oxygens (including phenoxy) is 1. The molecule has 0 bridgehead atoms. The van der Waals surface area contributed by atoms with E-state index in [4.69, 9.17) is 9.72 Å². The number of carbonyl (C=O) groups is 1. The monoisotopic (exact) mass is 319 g/mol. The lowest BCUT2D eigenvalue weighted by Gasteiger charge is -2.23. The first-order valence-corrected chi connectivity index (χ1v) is 8.37. The van der Waals surface area contributed by atoms with Gasteiger partial charge in [-0.05, 0) is 37.3 Å². The largest absolute Gasteiger partial charge is 0.380 e. The Morgan fingerprint density at radius 1 is 1.30 bits per heavy atom. The van der Waals surface area contributed by atoms with Crippen molar-refractivity contribution >= 4 is 17.4 Å². The number of amides is 1. The Kier molecular flexibility index (Phi) is 5.63. The summed E-state index contributed by atoms with van der Waals surface area (Å²) in [5, 5.41) is 3.03. The van der Waals surface area contributed by atoms with E-state index in [1.54, 1.807) is 0 Å². The Morgan fingerprint density at radius 3 is 2.70 bits per heavy atom. The molecule has 1 aromatic rings. The lowest BCUT2D eigenvalue weighted by atomic mass is 9.92. The van der Waals surface area contributed by atoms with Gasteiger partial charge in [0.15, 0.2) is 0 Å². The summed E-state index contributed by atoms with van der Waals surface area (Å²) in [4.78, 5) is 19.2. The summed E-state index contributed by atoms with van der Waals surface area (Å²) in [6.07, 6.45) is 1.51. The number of nitrogens with one attached hydrogen (secondary N) is 1. The number of nitrogens with zero attached hydrogens (tertiary/aromatic N) is 2. The maximum Gasteiger partial charge on any atom is 0.224 e. The molecule has 5 heteroatoms. The van der Waals surface area contributed by atoms with Crippen molar-refractivity contribution in [3.05, 3.63) is 17.3 Å². The molecule has 1 aliphatic heterocycles. The summed E-state index contributed by atoms with van der Waals surface area (Å²) >= 11 is 0. The summed E-state index contributed by atoms with van der Waals surface area (Å²) in [5.41, 5.74) is 2.74. The third-order valence-electron chi connectivity index (χ3n) is 3.89. The number of carbonyl (C=O) groups excluding carboxylic acids is 1. The van der Waals surface area contributed by atoms with Crippen LogP contribution in [-0.2, 0) is 9.53 Å². The summed E-state index contributed by atoms with van der Waals surface area (Å²) in [6.45, 7) is 13.6. The van der Waals surface area contributed by atoms with E-state index < -0.39 is 0 Å². The average Bonchev–Trinajstić information content (AvgIpc) is 2.69. The van der Waals surface area contributed by atoms with Gasteiger partial charge < -0.3 is 15.0 Å². The van der Waals surface area contributed by atoms with Gasteiger partial charge in [-0.25, -0.2) is 4.98 Å². The minimum atomic E-state index is -0.0225. The molecular weight excluding hydrogens is 290 g/mol. The van der Waals surface area contributed by atoms with Crippen LogP contribution in [0.15, 0.2) is 6.07 Å². The van der Waals surface area contributed by atoms with Gasteiger partial charge >= 0.3 is 0 Å². The molecule has 128 valence electrons. The average molecular weight is 319 g/mol. The molecule has 0 atom stereocenters. The Labute approximate surface area is 139 Å². The van der Waals surface area contributed by atoms with E-state index >= 15 is 0 Å². The van der Waals surface area contributed by atoms with Gasteiger partial charge in [0.1, 0.15) is 5.82 Å².